The van der Waals surface area contributed by atoms with E-state index in [2.05, 4.69) is 4.74 Å². The van der Waals surface area contributed by atoms with E-state index in [0.717, 1.165) is 10.6 Å². The van der Waals surface area contributed by atoms with Crippen molar-refractivity contribution in [2.24, 2.45) is 0 Å². The maximum atomic E-state index is 11.4. The van der Waals surface area contributed by atoms with Crippen LogP contribution in [0, 0.1) is 10.1 Å². The number of nitrogens with zero attached hydrogens (tertiary/aromatic N) is 2. The van der Waals surface area contributed by atoms with Crippen molar-refractivity contribution in [2.45, 2.75) is 4.90 Å². The third-order valence-electron chi connectivity index (χ3n) is 2.94. The number of hydrogen-bond donors (Lipinski definition) is 0. The normalized spacial score (nSPS) is 10.1. The smallest absolute Gasteiger partial charge is 0.337 e. The fourth-order valence-corrected chi connectivity index (χ4v) is 2.57. The standard InChI is InChI=1S/C15H14N2O4S/c1-16(12-5-3-11(4-6-12)15(18)21-2)22-14-9-7-13(8-10-14)17(19)20/h3-10H,1-2H3. The zero-order valence-electron chi connectivity index (χ0n) is 12.1. The Kier molecular flexibility index (Phi) is 5.00. The number of carbonyl (C=O) groups excluding carboxylic acids is 1. The molecular formula is C15H14N2O4S. The van der Waals surface area contributed by atoms with Gasteiger partial charge >= 0.3 is 5.97 Å². The van der Waals surface area contributed by atoms with Gasteiger partial charge in [0.1, 0.15) is 0 Å². The lowest BCUT2D eigenvalue weighted by atomic mass is 10.2. The highest BCUT2D eigenvalue weighted by molar-refractivity contribution is 8.00. The van der Waals surface area contributed by atoms with Crippen LogP contribution in [-0.2, 0) is 4.74 Å². The van der Waals surface area contributed by atoms with Crippen LogP contribution in [0.5, 0.6) is 0 Å². The van der Waals surface area contributed by atoms with Crippen LogP contribution >= 0.6 is 11.9 Å². The molecule has 0 fully saturated rings. The van der Waals surface area contributed by atoms with Crippen LogP contribution in [0.2, 0.25) is 0 Å². The highest BCUT2D eigenvalue weighted by Gasteiger charge is 2.09. The van der Waals surface area contributed by atoms with Crippen LogP contribution in [0.15, 0.2) is 53.4 Å². The summed E-state index contributed by atoms with van der Waals surface area (Å²) in [5.74, 6) is -0.378. The summed E-state index contributed by atoms with van der Waals surface area (Å²) in [7, 11) is 3.21. The van der Waals surface area contributed by atoms with Crippen LogP contribution in [0.25, 0.3) is 0 Å². The summed E-state index contributed by atoms with van der Waals surface area (Å²) >= 11 is 1.43. The van der Waals surface area contributed by atoms with Crippen LogP contribution in [-0.4, -0.2) is 25.1 Å². The van der Waals surface area contributed by atoms with Gasteiger partial charge in [0.2, 0.25) is 0 Å². The van der Waals surface area contributed by atoms with Gasteiger partial charge in [0, 0.05) is 29.8 Å². The van der Waals surface area contributed by atoms with Crippen LogP contribution in [0.3, 0.4) is 0 Å². The molecule has 0 amide bonds. The van der Waals surface area contributed by atoms with Gasteiger partial charge in [0.15, 0.2) is 0 Å². The third kappa shape index (κ3) is 3.76. The van der Waals surface area contributed by atoms with Crippen molar-refractivity contribution in [3.05, 3.63) is 64.2 Å². The highest BCUT2D eigenvalue weighted by Crippen LogP contribution is 2.28. The van der Waals surface area contributed by atoms with Crippen molar-refractivity contribution >= 4 is 29.3 Å². The molecule has 0 saturated carbocycles. The Balaban J connectivity index is 2.06. The first-order valence-corrected chi connectivity index (χ1v) is 7.13. The number of nitro benzene ring substituents is 1. The molecule has 0 radical (unpaired) electrons. The lowest BCUT2D eigenvalue weighted by molar-refractivity contribution is -0.384. The van der Waals surface area contributed by atoms with Gasteiger partial charge in [0.25, 0.3) is 5.69 Å². The molecule has 6 nitrogen and oxygen atoms in total. The SMILES string of the molecule is COC(=O)c1ccc(N(C)Sc2ccc([N+](=O)[O-])cc2)cc1. The van der Waals surface area contributed by atoms with Gasteiger partial charge in [-0.05, 0) is 48.3 Å². The number of ether oxygens (including phenoxy) is 1. The fraction of sp³-hybridized carbons (Fsp3) is 0.133. The molecule has 114 valence electrons. The minimum absolute atomic E-state index is 0.0643. The van der Waals surface area contributed by atoms with E-state index in [1.165, 1.54) is 31.2 Å². The van der Waals surface area contributed by atoms with Gasteiger partial charge in [-0.15, -0.1) is 0 Å². The Morgan fingerprint density at radius 1 is 1.14 bits per heavy atom. The number of esters is 1. The van der Waals surface area contributed by atoms with E-state index in [4.69, 9.17) is 0 Å². The largest absolute Gasteiger partial charge is 0.465 e. The number of methoxy groups -OCH3 is 1. The van der Waals surface area contributed by atoms with Crippen LogP contribution in [0.1, 0.15) is 10.4 Å². The van der Waals surface area contributed by atoms with E-state index in [1.54, 1.807) is 24.3 Å². The molecule has 0 bridgehead atoms. The number of nitro groups is 1. The minimum Gasteiger partial charge on any atom is -0.465 e. The molecule has 0 atom stereocenters. The molecule has 0 aromatic heterocycles. The summed E-state index contributed by atoms with van der Waals surface area (Å²) in [6.07, 6.45) is 0. The molecule has 0 N–H and O–H groups in total. The molecule has 2 rings (SSSR count). The third-order valence-corrected chi connectivity index (χ3v) is 3.91. The Morgan fingerprint density at radius 2 is 1.73 bits per heavy atom. The number of carbonyl (C=O) groups is 1. The fourth-order valence-electron chi connectivity index (χ4n) is 1.76. The monoisotopic (exact) mass is 318 g/mol. The Hall–Kier alpha value is -2.54. The zero-order valence-corrected chi connectivity index (χ0v) is 12.9. The average molecular weight is 318 g/mol. The summed E-state index contributed by atoms with van der Waals surface area (Å²) in [4.78, 5) is 22.4. The van der Waals surface area contributed by atoms with Crippen molar-refractivity contribution in [2.75, 3.05) is 18.5 Å². The predicted molar refractivity (Wildman–Crippen MR) is 85.1 cm³/mol. The number of non-ortho nitro benzene ring substituents is 1. The molecule has 0 aliphatic rings. The van der Waals surface area contributed by atoms with Crippen LogP contribution in [0.4, 0.5) is 11.4 Å². The summed E-state index contributed by atoms with van der Waals surface area (Å²) < 4.78 is 6.55. The maximum absolute atomic E-state index is 11.4. The molecule has 0 unspecified atom stereocenters. The van der Waals surface area contributed by atoms with E-state index in [9.17, 15) is 14.9 Å². The van der Waals surface area contributed by atoms with Gasteiger partial charge < -0.3 is 9.04 Å². The number of anilines is 1. The summed E-state index contributed by atoms with van der Waals surface area (Å²) in [6.45, 7) is 0. The van der Waals surface area contributed by atoms with E-state index in [1.807, 2.05) is 23.5 Å². The maximum Gasteiger partial charge on any atom is 0.337 e. The molecular weight excluding hydrogens is 304 g/mol. The van der Waals surface area contributed by atoms with Crippen molar-refractivity contribution < 1.29 is 14.5 Å². The molecule has 0 aliphatic carbocycles. The van der Waals surface area contributed by atoms with Gasteiger partial charge in [-0.25, -0.2) is 4.79 Å². The van der Waals surface area contributed by atoms with Crippen molar-refractivity contribution in [1.29, 1.82) is 0 Å². The van der Waals surface area contributed by atoms with Gasteiger partial charge in [-0.1, -0.05) is 0 Å². The van der Waals surface area contributed by atoms with E-state index in [0.29, 0.717) is 5.56 Å². The summed E-state index contributed by atoms with van der Waals surface area (Å²) in [5, 5.41) is 10.6. The molecule has 0 aliphatic heterocycles. The second kappa shape index (κ2) is 6.95. The first-order valence-electron chi connectivity index (χ1n) is 6.36. The first-order chi connectivity index (χ1) is 10.5. The zero-order chi connectivity index (χ0) is 16.1. The van der Waals surface area contributed by atoms with Crippen LogP contribution < -0.4 is 4.31 Å². The minimum atomic E-state index is -0.427. The van der Waals surface area contributed by atoms with Gasteiger partial charge in [-0.2, -0.15) is 0 Å². The summed E-state index contributed by atoms with van der Waals surface area (Å²) in [5.41, 5.74) is 1.45. The lowest BCUT2D eigenvalue weighted by Crippen LogP contribution is -2.07. The molecule has 22 heavy (non-hydrogen) atoms. The molecule has 0 saturated heterocycles. The van der Waals surface area contributed by atoms with Crippen molar-refractivity contribution in [3.63, 3.8) is 0 Å². The van der Waals surface area contributed by atoms with Crippen molar-refractivity contribution in [1.82, 2.24) is 0 Å². The summed E-state index contributed by atoms with van der Waals surface area (Å²) in [6, 6.07) is 13.3. The highest BCUT2D eigenvalue weighted by atomic mass is 32.2. The Labute approximate surface area is 132 Å². The predicted octanol–water partition coefficient (Wildman–Crippen LogP) is 3.52. The van der Waals surface area contributed by atoms with Crippen molar-refractivity contribution in [3.8, 4) is 0 Å². The molecule has 0 spiro atoms. The number of hydrogen-bond acceptors (Lipinski definition) is 6. The second-order valence-corrected chi connectivity index (χ2v) is 5.58. The van der Waals surface area contributed by atoms with E-state index < -0.39 is 4.92 Å². The second-order valence-electron chi connectivity index (χ2n) is 4.38. The first kappa shape index (κ1) is 15.8. The van der Waals surface area contributed by atoms with Gasteiger partial charge in [0.05, 0.1) is 17.6 Å². The Morgan fingerprint density at radius 3 is 2.23 bits per heavy atom. The van der Waals surface area contributed by atoms with E-state index in [-0.39, 0.29) is 11.7 Å². The quantitative estimate of drug-likeness (QED) is 0.363. The lowest BCUT2D eigenvalue weighted by Gasteiger charge is -2.17. The molecule has 2 aromatic rings. The Bertz CT molecular complexity index is 671. The number of benzene rings is 2. The van der Waals surface area contributed by atoms with E-state index >= 15 is 0 Å². The topological polar surface area (TPSA) is 72.7 Å². The number of rotatable bonds is 5. The molecule has 0 heterocycles. The molecule has 2 aromatic carbocycles. The average Bonchev–Trinajstić information content (AvgIpc) is 2.54. The molecule has 7 heteroatoms. The van der Waals surface area contributed by atoms with Gasteiger partial charge in [-0.3, -0.25) is 10.1 Å².